The van der Waals surface area contributed by atoms with Crippen molar-refractivity contribution in [2.45, 2.75) is 0 Å². The fourth-order valence-corrected chi connectivity index (χ4v) is 3.61. The first kappa shape index (κ1) is 10.9. The summed E-state index contributed by atoms with van der Waals surface area (Å²) in [5, 5.41) is 14.9. The Morgan fingerprint density at radius 3 is 2.14 bits per heavy atom. The molecule has 0 spiro atoms. The second-order valence-corrected chi connectivity index (χ2v) is 5.57. The molecule has 21 heavy (non-hydrogen) atoms. The lowest BCUT2D eigenvalue weighted by atomic mass is 9.96. The number of hydrogen-bond donors (Lipinski definition) is 1. The summed E-state index contributed by atoms with van der Waals surface area (Å²) in [4.78, 5) is 0. The third-order valence-electron chi connectivity index (χ3n) is 4.49. The average Bonchev–Trinajstić information content (AvgIpc) is 2.85. The zero-order valence-electron chi connectivity index (χ0n) is 11.3. The normalized spacial score (nSPS) is 12.0. The van der Waals surface area contributed by atoms with Gasteiger partial charge in [0, 0.05) is 10.8 Å². The minimum absolute atomic E-state index is 0.361. The van der Waals surface area contributed by atoms with Crippen molar-refractivity contribution in [2.75, 3.05) is 0 Å². The van der Waals surface area contributed by atoms with Crippen LogP contribution in [0.5, 0.6) is 5.75 Å². The Hall–Kier alpha value is -2.80. The lowest BCUT2D eigenvalue weighted by molar-refractivity contribution is 0.482. The van der Waals surface area contributed by atoms with E-state index in [1.54, 1.807) is 0 Å². The van der Waals surface area contributed by atoms with Gasteiger partial charge in [-0.25, -0.2) is 0 Å². The predicted molar refractivity (Wildman–Crippen MR) is 87.5 cm³/mol. The molecular weight excluding hydrogens is 256 g/mol. The summed E-state index contributed by atoms with van der Waals surface area (Å²) >= 11 is 0. The molecule has 0 atom stereocenters. The van der Waals surface area contributed by atoms with E-state index in [1.807, 2.05) is 24.3 Å². The highest BCUT2D eigenvalue weighted by molar-refractivity contribution is 6.25. The van der Waals surface area contributed by atoms with Crippen LogP contribution in [0.25, 0.3) is 43.8 Å². The van der Waals surface area contributed by atoms with Crippen LogP contribution in [-0.4, -0.2) is 5.11 Å². The minimum Gasteiger partial charge on any atom is -0.507 e. The van der Waals surface area contributed by atoms with Gasteiger partial charge in [0.2, 0.25) is 0 Å². The van der Waals surface area contributed by atoms with E-state index in [9.17, 15) is 5.11 Å². The van der Waals surface area contributed by atoms with Gasteiger partial charge in [-0.3, -0.25) is 0 Å². The van der Waals surface area contributed by atoms with E-state index in [1.165, 1.54) is 33.0 Å². The standard InChI is InChI=1S/C20H12O/c21-18-10-9-16-14-7-3-4-8-15(14)17-11-12-5-1-2-6-13(12)20(18)19(16)17/h1-11,21H. The molecule has 0 heterocycles. The van der Waals surface area contributed by atoms with Crippen molar-refractivity contribution in [2.24, 2.45) is 0 Å². The van der Waals surface area contributed by atoms with E-state index in [4.69, 9.17) is 0 Å². The summed E-state index contributed by atoms with van der Waals surface area (Å²) < 4.78 is 0. The topological polar surface area (TPSA) is 20.2 Å². The van der Waals surface area contributed by atoms with E-state index in [2.05, 4.69) is 42.5 Å². The molecular formula is C20H12O. The second kappa shape index (κ2) is 3.64. The summed E-state index contributed by atoms with van der Waals surface area (Å²) in [5.74, 6) is 0.361. The van der Waals surface area contributed by atoms with E-state index < -0.39 is 0 Å². The largest absolute Gasteiger partial charge is 0.507 e. The Balaban J connectivity index is 2.14. The monoisotopic (exact) mass is 268 g/mol. The van der Waals surface area contributed by atoms with Crippen LogP contribution in [0.15, 0.2) is 66.7 Å². The Labute approximate surface area is 122 Å². The molecule has 0 bridgehead atoms. The maximum absolute atomic E-state index is 10.4. The number of fused-ring (bicyclic) bond motifs is 5. The summed E-state index contributed by atoms with van der Waals surface area (Å²) in [7, 11) is 0. The Bertz CT molecular complexity index is 1040. The zero-order valence-corrected chi connectivity index (χ0v) is 11.3. The van der Waals surface area contributed by atoms with Gasteiger partial charge in [-0.2, -0.15) is 0 Å². The highest BCUT2D eigenvalue weighted by Crippen LogP contribution is 2.51. The molecule has 1 nitrogen and oxygen atoms in total. The molecule has 1 N–H and O–H groups in total. The maximum atomic E-state index is 10.4. The van der Waals surface area contributed by atoms with Crippen LogP contribution in [0.4, 0.5) is 0 Å². The van der Waals surface area contributed by atoms with E-state index >= 15 is 0 Å². The van der Waals surface area contributed by atoms with Gasteiger partial charge >= 0.3 is 0 Å². The van der Waals surface area contributed by atoms with Crippen molar-refractivity contribution in [3.63, 3.8) is 0 Å². The highest BCUT2D eigenvalue weighted by Gasteiger charge is 2.23. The Kier molecular flexibility index (Phi) is 1.90. The summed E-state index contributed by atoms with van der Waals surface area (Å²) in [6, 6.07) is 22.8. The first-order valence-corrected chi connectivity index (χ1v) is 7.12. The number of phenolic OH excluding ortho intramolecular Hbond substituents is 1. The number of rotatable bonds is 0. The van der Waals surface area contributed by atoms with Crippen LogP contribution in [0.1, 0.15) is 0 Å². The Morgan fingerprint density at radius 2 is 1.29 bits per heavy atom. The lowest BCUT2D eigenvalue weighted by Crippen LogP contribution is -1.81. The zero-order chi connectivity index (χ0) is 14.0. The quantitative estimate of drug-likeness (QED) is 0.375. The molecule has 4 aromatic rings. The van der Waals surface area contributed by atoms with E-state index in [0.29, 0.717) is 5.75 Å². The molecule has 0 saturated carbocycles. The molecule has 0 amide bonds. The maximum Gasteiger partial charge on any atom is 0.124 e. The molecule has 1 aliphatic rings. The predicted octanol–water partition coefficient (Wildman–Crippen LogP) is 5.35. The molecule has 0 saturated heterocycles. The molecule has 1 heteroatoms. The molecule has 0 aliphatic heterocycles. The van der Waals surface area contributed by atoms with Gasteiger partial charge in [0.15, 0.2) is 0 Å². The van der Waals surface area contributed by atoms with Crippen LogP contribution in [0, 0.1) is 0 Å². The minimum atomic E-state index is 0.361. The van der Waals surface area contributed by atoms with E-state index in [0.717, 1.165) is 10.8 Å². The summed E-state index contributed by atoms with van der Waals surface area (Å²) in [6.07, 6.45) is 0. The van der Waals surface area contributed by atoms with Crippen molar-refractivity contribution < 1.29 is 5.11 Å². The van der Waals surface area contributed by atoms with Crippen LogP contribution in [0.2, 0.25) is 0 Å². The lowest BCUT2D eigenvalue weighted by Gasteiger charge is -2.09. The smallest absolute Gasteiger partial charge is 0.124 e. The van der Waals surface area contributed by atoms with Gasteiger partial charge in [0.25, 0.3) is 0 Å². The number of hydrogen-bond acceptors (Lipinski definition) is 1. The van der Waals surface area contributed by atoms with Crippen molar-refractivity contribution >= 4 is 21.5 Å². The van der Waals surface area contributed by atoms with Crippen LogP contribution in [-0.2, 0) is 0 Å². The second-order valence-electron chi connectivity index (χ2n) is 5.57. The van der Waals surface area contributed by atoms with Crippen molar-refractivity contribution in [1.29, 1.82) is 0 Å². The molecule has 0 aromatic heterocycles. The van der Waals surface area contributed by atoms with Crippen molar-refractivity contribution in [3.8, 4) is 28.0 Å². The molecule has 0 radical (unpaired) electrons. The van der Waals surface area contributed by atoms with Gasteiger partial charge in [0.05, 0.1) is 0 Å². The van der Waals surface area contributed by atoms with Crippen molar-refractivity contribution in [3.05, 3.63) is 66.7 Å². The van der Waals surface area contributed by atoms with Crippen molar-refractivity contribution in [1.82, 2.24) is 0 Å². The third kappa shape index (κ3) is 1.26. The van der Waals surface area contributed by atoms with Gasteiger partial charge < -0.3 is 5.11 Å². The van der Waals surface area contributed by atoms with Crippen LogP contribution >= 0.6 is 0 Å². The average molecular weight is 268 g/mol. The van der Waals surface area contributed by atoms with Gasteiger partial charge in [-0.05, 0) is 45.2 Å². The SMILES string of the molecule is Oc1ccc2c3c(cc4ccccc4c13)-c1ccccc1-2. The summed E-state index contributed by atoms with van der Waals surface area (Å²) in [6.45, 7) is 0. The first-order valence-electron chi connectivity index (χ1n) is 7.12. The number of benzene rings is 4. The van der Waals surface area contributed by atoms with Crippen LogP contribution in [0.3, 0.4) is 0 Å². The first-order chi connectivity index (χ1) is 10.3. The number of phenols is 1. The van der Waals surface area contributed by atoms with Gasteiger partial charge in [0.1, 0.15) is 5.75 Å². The van der Waals surface area contributed by atoms with E-state index in [-0.39, 0.29) is 0 Å². The fraction of sp³-hybridized carbons (Fsp3) is 0. The van der Waals surface area contributed by atoms with Gasteiger partial charge in [-0.1, -0.05) is 54.6 Å². The molecule has 4 aromatic carbocycles. The van der Waals surface area contributed by atoms with Crippen LogP contribution < -0.4 is 0 Å². The molecule has 0 fully saturated rings. The fourth-order valence-electron chi connectivity index (χ4n) is 3.61. The highest BCUT2D eigenvalue weighted by atomic mass is 16.3. The molecule has 0 unspecified atom stereocenters. The molecule has 5 rings (SSSR count). The molecule has 1 aliphatic carbocycles. The number of aromatic hydroxyl groups is 1. The van der Waals surface area contributed by atoms with Gasteiger partial charge in [-0.15, -0.1) is 0 Å². The molecule has 98 valence electrons. The summed E-state index contributed by atoms with van der Waals surface area (Å²) in [5.41, 5.74) is 4.96. The Morgan fingerprint density at radius 1 is 0.571 bits per heavy atom. The third-order valence-corrected chi connectivity index (χ3v) is 4.49.